The van der Waals surface area contributed by atoms with E-state index in [1.165, 1.54) is 11.1 Å². The maximum absolute atomic E-state index is 14.2. The quantitative estimate of drug-likeness (QED) is 0.0800. The van der Waals surface area contributed by atoms with Crippen LogP contribution in [-0.4, -0.2) is 12.4 Å². The monoisotopic (exact) mass is 1180 g/mol. The van der Waals surface area contributed by atoms with E-state index in [2.05, 4.69) is 48.5 Å². The van der Waals surface area contributed by atoms with Crippen molar-refractivity contribution in [1.82, 2.24) is 0 Å². The number of hydrogen-bond acceptors (Lipinski definition) is 1. The highest BCUT2D eigenvalue weighted by Crippen LogP contribution is 2.41. The molecule has 0 spiro atoms. The van der Waals surface area contributed by atoms with Crippen molar-refractivity contribution in [3.63, 3.8) is 0 Å². The van der Waals surface area contributed by atoms with Gasteiger partial charge in [-0.1, -0.05) is 126 Å². The first kappa shape index (κ1) is 62.3. The molecular weight excluding hydrogens is 1150 g/mol. The summed E-state index contributed by atoms with van der Waals surface area (Å²) in [5.41, 5.74) is -26.5. The fourth-order valence-corrected chi connectivity index (χ4v) is 10.5. The summed E-state index contributed by atoms with van der Waals surface area (Å²) in [6, 6.07) is 19.9. The van der Waals surface area contributed by atoms with E-state index in [1.807, 2.05) is 42.7 Å². The van der Waals surface area contributed by atoms with Gasteiger partial charge in [0.05, 0.1) is 44.5 Å². The van der Waals surface area contributed by atoms with Crippen molar-refractivity contribution in [3.05, 3.63) is 219 Å². The molecule has 0 amide bonds. The molecule has 0 heterocycles. The first-order chi connectivity index (χ1) is 36.4. The molecule has 1 atom stereocenters. The number of alkyl halides is 24. The predicted octanol–water partition coefficient (Wildman–Crippen LogP) is 16.2. The third kappa shape index (κ3) is 14.7. The number of halogens is 24. The fraction of sp³-hybridized carbons (Fsp3) is 0.208. The van der Waals surface area contributed by atoms with Gasteiger partial charge in [-0.05, 0) is 53.9 Å². The molecule has 0 N–H and O–H groups in total. The molecule has 80 heavy (non-hydrogen) atoms. The van der Waals surface area contributed by atoms with Gasteiger partial charge < -0.3 is 0 Å². The van der Waals surface area contributed by atoms with E-state index in [0.717, 1.165) is 16.9 Å². The Morgan fingerprint density at radius 1 is 0.300 bits per heavy atom. The lowest BCUT2D eigenvalue weighted by Crippen LogP contribution is -2.75. The Morgan fingerprint density at radius 3 is 0.750 bits per heavy atom. The zero-order valence-corrected chi connectivity index (χ0v) is 40.7. The lowest BCUT2D eigenvalue weighted by atomic mass is 9.12. The number of hydrogen-bond donors (Lipinski definition) is 0. The van der Waals surface area contributed by atoms with Crippen LogP contribution in [0, 0.1) is 0 Å². The lowest BCUT2D eigenvalue weighted by Gasteiger charge is -2.46. The molecule has 0 aliphatic carbocycles. The summed E-state index contributed by atoms with van der Waals surface area (Å²) in [5, 5.41) is 0. The summed E-state index contributed by atoms with van der Waals surface area (Å²) < 4.78 is 354. The van der Waals surface area contributed by atoms with Crippen molar-refractivity contribution in [2.24, 2.45) is 0 Å². The van der Waals surface area contributed by atoms with E-state index in [0.29, 0.717) is 5.75 Å². The largest absolute Gasteiger partial charge is 0.416 e. The SMILES string of the molecule is C[S+](=O)(Cc1ccc(Cc2ccccc2)cc1)c1ccccc1.FC(F)(F)c1cc([B-](c2cc(C(F)(F)F)cc(C(F)(F)F)c2)(c2cc(C(F)(F)F)cc(C(F)(F)F)c2)c2cc(C(F)(F)F)cc(C(F)(F)F)c2)cc(C(F)(F)F)c1. The normalized spacial score (nSPS) is 14.1. The Labute approximate surface area is 438 Å². The Bertz CT molecular complexity index is 2910. The van der Waals surface area contributed by atoms with E-state index in [-0.39, 0.29) is 0 Å². The molecule has 1 unspecified atom stereocenters. The molecule has 0 radical (unpaired) electrons. The maximum Gasteiger partial charge on any atom is 0.416 e. The van der Waals surface area contributed by atoms with Crippen molar-refractivity contribution < 1.29 is 110 Å². The van der Waals surface area contributed by atoms with Crippen LogP contribution in [-0.2, 0) is 75.7 Å². The van der Waals surface area contributed by atoms with Crippen molar-refractivity contribution in [3.8, 4) is 0 Å². The Balaban J connectivity index is 0.000000370. The summed E-state index contributed by atoms with van der Waals surface area (Å²) >= 11 is 0. The van der Waals surface area contributed by atoms with Crippen molar-refractivity contribution in [2.75, 3.05) is 6.26 Å². The van der Waals surface area contributed by atoms with Gasteiger partial charge in [-0.2, -0.15) is 127 Å². The van der Waals surface area contributed by atoms with Gasteiger partial charge in [-0.15, -0.1) is 0 Å². The maximum atomic E-state index is 14.2. The van der Waals surface area contributed by atoms with Crippen LogP contribution in [0.25, 0.3) is 0 Å². The molecule has 27 heteroatoms. The summed E-state index contributed by atoms with van der Waals surface area (Å²) in [4.78, 5) is 0.924. The van der Waals surface area contributed by atoms with Gasteiger partial charge in [0.15, 0.2) is 4.90 Å². The van der Waals surface area contributed by atoms with Crippen LogP contribution in [0.5, 0.6) is 0 Å². The van der Waals surface area contributed by atoms with Crippen molar-refractivity contribution in [2.45, 2.75) is 66.5 Å². The molecule has 0 fully saturated rings. The van der Waals surface area contributed by atoms with E-state index in [1.54, 1.807) is 0 Å². The average Bonchev–Trinajstić information content (AvgIpc) is 3.47. The number of benzene rings is 7. The Morgan fingerprint density at radius 2 is 0.512 bits per heavy atom. The van der Waals surface area contributed by atoms with E-state index in [9.17, 15) is 110 Å². The van der Waals surface area contributed by atoms with Gasteiger partial charge in [0.2, 0.25) is 0 Å². The second kappa shape index (κ2) is 21.9. The van der Waals surface area contributed by atoms with Gasteiger partial charge in [-0.3, -0.25) is 0 Å². The minimum Gasteiger partial charge on any atom is -0.194 e. The Hall–Kier alpha value is -6.93. The highest BCUT2D eigenvalue weighted by molar-refractivity contribution is 8.01. The standard InChI is InChI=1S/C32H12BF24.C21H21OS/c34-25(35,36)13-1-14(26(37,38)39)6-21(5-13)33(22-7-15(27(40,41)42)2-16(8-22)28(43,44)45,23-9-17(29(46,47)48)3-18(10-23)30(49,50)51)24-11-19(31(52,53)54)4-20(12-24)32(55,56)57;1-23(22,21-10-6-3-7-11-21)17-20-14-12-19(13-15-20)16-18-8-4-2-5-9-18/h1-12H;2-15H,16-17H2,1H3/q-1;+1. The van der Waals surface area contributed by atoms with Crippen LogP contribution < -0.4 is 21.9 Å². The summed E-state index contributed by atoms with van der Waals surface area (Å²) in [6.45, 7) is 0. The second-order valence-corrected chi connectivity index (χ2v) is 20.9. The minimum absolute atomic E-state index is 0.586. The molecule has 0 saturated heterocycles. The van der Waals surface area contributed by atoms with Gasteiger partial charge >= 0.3 is 49.4 Å². The van der Waals surface area contributed by atoms with Gasteiger partial charge in [0.1, 0.15) is 28.1 Å². The third-order valence-corrected chi connectivity index (χ3v) is 14.6. The predicted molar refractivity (Wildman–Crippen MR) is 248 cm³/mol. The fourth-order valence-electron chi connectivity index (χ4n) is 8.77. The van der Waals surface area contributed by atoms with Crippen LogP contribution >= 0.6 is 0 Å². The minimum atomic E-state index is -6.13. The first-order valence-corrected chi connectivity index (χ1v) is 24.5. The van der Waals surface area contributed by atoms with Gasteiger partial charge in [0, 0.05) is 5.56 Å². The van der Waals surface area contributed by atoms with Crippen LogP contribution in [0.15, 0.2) is 163 Å². The van der Waals surface area contributed by atoms with E-state index >= 15 is 0 Å². The highest BCUT2D eigenvalue weighted by atomic mass is 32.2. The summed E-state index contributed by atoms with van der Waals surface area (Å²) in [6.07, 6.45) is -52.0. The van der Waals surface area contributed by atoms with E-state index < -0.39 is 205 Å². The third-order valence-electron chi connectivity index (χ3n) is 12.4. The van der Waals surface area contributed by atoms with Crippen LogP contribution in [0.1, 0.15) is 61.2 Å². The van der Waals surface area contributed by atoms with Crippen molar-refractivity contribution in [1.29, 1.82) is 0 Å². The van der Waals surface area contributed by atoms with Gasteiger partial charge in [-0.25, -0.2) is 0 Å². The average molecular weight is 1180 g/mol. The van der Waals surface area contributed by atoms with E-state index in [4.69, 9.17) is 0 Å². The summed E-state index contributed by atoms with van der Waals surface area (Å²) in [7, 11) is -2.04. The van der Waals surface area contributed by atoms with Crippen LogP contribution in [0.3, 0.4) is 0 Å². The van der Waals surface area contributed by atoms with Crippen LogP contribution in [0.4, 0.5) is 105 Å². The van der Waals surface area contributed by atoms with Crippen LogP contribution in [0.2, 0.25) is 0 Å². The molecule has 0 bridgehead atoms. The lowest BCUT2D eigenvalue weighted by molar-refractivity contribution is -0.144. The smallest absolute Gasteiger partial charge is 0.194 e. The zero-order valence-electron chi connectivity index (χ0n) is 39.9. The molecule has 0 aliphatic rings. The number of rotatable bonds is 9. The molecule has 1 nitrogen and oxygen atoms in total. The molecule has 0 aliphatic heterocycles. The van der Waals surface area contributed by atoms with Gasteiger partial charge in [0.25, 0.3) is 0 Å². The molecule has 0 saturated carbocycles. The highest BCUT2D eigenvalue weighted by Gasteiger charge is 2.47. The Kier molecular flexibility index (Phi) is 17.0. The molecule has 0 aromatic heterocycles. The topological polar surface area (TPSA) is 17.1 Å². The second-order valence-electron chi connectivity index (χ2n) is 18.2. The molecule has 7 rings (SSSR count). The molecular formula is C53H33BF24OS. The summed E-state index contributed by atoms with van der Waals surface area (Å²) in [5.74, 6) is 0.586. The van der Waals surface area contributed by atoms with Crippen molar-refractivity contribution >= 4 is 37.9 Å². The molecule has 428 valence electrons. The molecule has 7 aromatic carbocycles. The molecule has 7 aromatic rings. The first-order valence-electron chi connectivity index (χ1n) is 22.4. The zero-order chi connectivity index (χ0) is 60.0.